The summed E-state index contributed by atoms with van der Waals surface area (Å²) in [4.78, 5) is 12.9. The molecule has 10 heteroatoms. The van der Waals surface area contributed by atoms with Crippen LogP contribution in [0.25, 0.3) is 11.0 Å². The first-order valence-electron chi connectivity index (χ1n) is 9.15. The number of nitrogens with one attached hydrogen (secondary N) is 2. The van der Waals surface area contributed by atoms with E-state index in [1.807, 2.05) is 12.1 Å². The molecular formula is C19H20N4O4S2. The molecule has 2 N–H and O–H groups in total. The molecule has 1 aliphatic heterocycles. The molecule has 0 fully saturated rings. The second-order valence-corrected chi connectivity index (χ2v) is 9.35. The van der Waals surface area contributed by atoms with E-state index in [2.05, 4.69) is 18.8 Å². The zero-order valence-electron chi connectivity index (χ0n) is 15.9. The van der Waals surface area contributed by atoms with Gasteiger partial charge in [-0.3, -0.25) is 4.79 Å². The second-order valence-electron chi connectivity index (χ2n) is 7.14. The maximum absolute atomic E-state index is 13.0. The third kappa shape index (κ3) is 3.96. The molecule has 0 saturated carbocycles. The average molecular weight is 433 g/mol. The van der Waals surface area contributed by atoms with Gasteiger partial charge in [0.15, 0.2) is 0 Å². The molecule has 0 bridgehead atoms. The Labute approximate surface area is 172 Å². The van der Waals surface area contributed by atoms with Gasteiger partial charge < -0.3 is 10.1 Å². The first-order valence-corrected chi connectivity index (χ1v) is 11.4. The van der Waals surface area contributed by atoms with E-state index in [0.717, 1.165) is 29.5 Å². The molecule has 152 valence electrons. The number of hydrogen-bond donors (Lipinski definition) is 2. The number of aromatic nitrogens is 2. The summed E-state index contributed by atoms with van der Waals surface area (Å²) in [5.74, 6) is 0.121. The molecule has 0 aliphatic carbocycles. The Morgan fingerprint density at radius 1 is 1.21 bits per heavy atom. The molecule has 2 heterocycles. The highest BCUT2D eigenvalue weighted by molar-refractivity contribution is 7.89. The standard InChI is InChI=1S/C19H20N4O4S2/c1-11(2)17(19(24)20-13-6-7-15-12(10-13)8-9-27-15)23-29(25,26)16-5-3-4-14-18(16)22-28-21-14/h3-7,10-11,17,23H,8-9H2,1-2H3,(H,20,24)/t17-/m0/s1. The minimum Gasteiger partial charge on any atom is -0.493 e. The molecule has 0 radical (unpaired) electrons. The number of anilines is 1. The van der Waals surface area contributed by atoms with Crippen LogP contribution in [0.3, 0.4) is 0 Å². The van der Waals surface area contributed by atoms with Crippen LogP contribution in [0.2, 0.25) is 0 Å². The topological polar surface area (TPSA) is 110 Å². The molecule has 0 unspecified atom stereocenters. The molecule has 2 aromatic carbocycles. The van der Waals surface area contributed by atoms with Crippen LogP contribution in [0.1, 0.15) is 19.4 Å². The number of rotatable bonds is 6. The maximum Gasteiger partial charge on any atom is 0.243 e. The van der Waals surface area contributed by atoms with Gasteiger partial charge in [-0.15, -0.1) is 0 Å². The molecule has 4 rings (SSSR count). The van der Waals surface area contributed by atoms with Crippen molar-refractivity contribution < 1.29 is 17.9 Å². The Bertz CT molecular complexity index is 1170. The van der Waals surface area contributed by atoms with Gasteiger partial charge in [-0.2, -0.15) is 13.5 Å². The maximum atomic E-state index is 13.0. The number of benzene rings is 2. The van der Waals surface area contributed by atoms with Gasteiger partial charge in [0.25, 0.3) is 0 Å². The minimum atomic E-state index is -3.97. The van der Waals surface area contributed by atoms with Crippen molar-refractivity contribution in [3.63, 3.8) is 0 Å². The smallest absolute Gasteiger partial charge is 0.243 e. The van der Waals surface area contributed by atoms with Crippen LogP contribution >= 0.6 is 11.7 Å². The van der Waals surface area contributed by atoms with Gasteiger partial charge in [-0.05, 0) is 41.8 Å². The fraction of sp³-hybridized carbons (Fsp3) is 0.316. The van der Waals surface area contributed by atoms with Gasteiger partial charge in [0.1, 0.15) is 27.7 Å². The highest BCUT2D eigenvalue weighted by Crippen LogP contribution is 2.28. The van der Waals surface area contributed by atoms with Crippen molar-refractivity contribution in [1.29, 1.82) is 0 Å². The Kier molecular flexibility index (Phi) is 5.24. The summed E-state index contributed by atoms with van der Waals surface area (Å²) in [5.41, 5.74) is 2.43. The Hall–Kier alpha value is -2.56. The molecule has 1 atom stereocenters. The van der Waals surface area contributed by atoms with Crippen molar-refractivity contribution in [3.8, 4) is 5.75 Å². The number of nitrogens with zero attached hydrogens (tertiary/aromatic N) is 2. The predicted molar refractivity (Wildman–Crippen MR) is 111 cm³/mol. The zero-order valence-corrected chi connectivity index (χ0v) is 17.5. The second kappa shape index (κ2) is 7.69. The van der Waals surface area contributed by atoms with E-state index in [1.165, 1.54) is 6.07 Å². The largest absolute Gasteiger partial charge is 0.493 e. The lowest BCUT2D eigenvalue weighted by molar-refractivity contribution is -0.118. The fourth-order valence-electron chi connectivity index (χ4n) is 3.21. The lowest BCUT2D eigenvalue weighted by atomic mass is 10.0. The van der Waals surface area contributed by atoms with Crippen molar-refractivity contribution in [2.24, 2.45) is 5.92 Å². The van der Waals surface area contributed by atoms with Crippen LogP contribution in [0, 0.1) is 5.92 Å². The SMILES string of the molecule is CC(C)[C@H](NS(=O)(=O)c1cccc2nsnc12)C(=O)Nc1ccc2c(c1)CCO2. The van der Waals surface area contributed by atoms with E-state index in [-0.39, 0.29) is 10.8 Å². The summed E-state index contributed by atoms with van der Waals surface area (Å²) in [6.07, 6.45) is 0.783. The third-order valence-corrected chi connectivity index (χ3v) is 6.74. The summed E-state index contributed by atoms with van der Waals surface area (Å²) >= 11 is 0.944. The molecule has 1 aliphatic rings. The Balaban J connectivity index is 1.57. The van der Waals surface area contributed by atoms with Gasteiger partial charge in [0, 0.05) is 12.1 Å². The van der Waals surface area contributed by atoms with Crippen molar-refractivity contribution in [1.82, 2.24) is 13.5 Å². The number of carbonyl (C=O) groups is 1. The van der Waals surface area contributed by atoms with Crippen LogP contribution < -0.4 is 14.8 Å². The number of carbonyl (C=O) groups excluding carboxylic acids is 1. The van der Waals surface area contributed by atoms with Crippen LogP contribution in [0.15, 0.2) is 41.3 Å². The molecule has 29 heavy (non-hydrogen) atoms. The van der Waals surface area contributed by atoms with Gasteiger partial charge in [0.2, 0.25) is 15.9 Å². The van der Waals surface area contributed by atoms with E-state index in [4.69, 9.17) is 4.74 Å². The lowest BCUT2D eigenvalue weighted by Crippen LogP contribution is -2.47. The third-order valence-electron chi connectivity index (χ3n) is 4.73. The number of hydrogen-bond acceptors (Lipinski definition) is 7. The molecule has 0 spiro atoms. The number of sulfonamides is 1. The van der Waals surface area contributed by atoms with Crippen LogP contribution in [0.5, 0.6) is 5.75 Å². The molecule has 8 nitrogen and oxygen atoms in total. The summed E-state index contributed by atoms with van der Waals surface area (Å²) in [6, 6.07) is 9.22. The van der Waals surface area contributed by atoms with E-state index in [0.29, 0.717) is 23.3 Å². The van der Waals surface area contributed by atoms with Gasteiger partial charge in [-0.25, -0.2) is 8.42 Å². The van der Waals surface area contributed by atoms with Gasteiger partial charge in [0.05, 0.1) is 18.3 Å². The van der Waals surface area contributed by atoms with Crippen LogP contribution in [-0.2, 0) is 21.2 Å². The molecular weight excluding hydrogens is 412 g/mol. The first kappa shape index (κ1) is 19.7. The lowest BCUT2D eigenvalue weighted by Gasteiger charge is -2.22. The monoisotopic (exact) mass is 432 g/mol. The summed E-state index contributed by atoms with van der Waals surface area (Å²) < 4.78 is 42.2. The normalized spacial score (nSPS) is 14.6. The number of ether oxygens (including phenoxy) is 1. The molecule has 1 amide bonds. The Morgan fingerprint density at radius 2 is 2.03 bits per heavy atom. The Morgan fingerprint density at radius 3 is 2.83 bits per heavy atom. The summed E-state index contributed by atoms with van der Waals surface area (Å²) in [5, 5.41) is 2.81. The summed E-state index contributed by atoms with van der Waals surface area (Å²) in [6.45, 7) is 4.20. The molecule has 0 saturated heterocycles. The van der Waals surface area contributed by atoms with Crippen molar-refractivity contribution in [2.45, 2.75) is 31.2 Å². The minimum absolute atomic E-state index is 0.0110. The highest BCUT2D eigenvalue weighted by atomic mass is 32.2. The number of fused-ring (bicyclic) bond motifs is 2. The summed E-state index contributed by atoms with van der Waals surface area (Å²) in [7, 11) is -3.97. The van der Waals surface area contributed by atoms with Crippen LogP contribution in [-0.4, -0.2) is 35.7 Å². The van der Waals surface area contributed by atoms with Gasteiger partial charge in [-0.1, -0.05) is 19.9 Å². The van der Waals surface area contributed by atoms with E-state index in [9.17, 15) is 13.2 Å². The van der Waals surface area contributed by atoms with E-state index in [1.54, 1.807) is 32.0 Å². The van der Waals surface area contributed by atoms with Crippen LogP contribution in [0.4, 0.5) is 5.69 Å². The van der Waals surface area contributed by atoms with Crippen molar-refractivity contribution in [3.05, 3.63) is 42.0 Å². The number of amides is 1. The van der Waals surface area contributed by atoms with Crippen molar-refractivity contribution >= 4 is 44.4 Å². The molecule has 3 aromatic rings. The van der Waals surface area contributed by atoms with E-state index < -0.39 is 22.0 Å². The fourth-order valence-corrected chi connectivity index (χ4v) is 5.32. The van der Waals surface area contributed by atoms with Gasteiger partial charge >= 0.3 is 0 Å². The van der Waals surface area contributed by atoms with E-state index >= 15 is 0 Å². The predicted octanol–water partition coefficient (Wildman–Crippen LogP) is 2.57. The van der Waals surface area contributed by atoms with Crippen molar-refractivity contribution in [2.75, 3.05) is 11.9 Å². The zero-order chi connectivity index (χ0) is 20.6. The molecule has 1 aromatic heterocycles. The quantitative estimate of drug-likeness (QED) is 0.619. The average Bonchev–Trinajstić information content (AvgIpc) is 3.34. The highest BCUT2D eigenvalue weighted by Gasteiger charge is 2.30. The first-order chi connectivity index (χ1) is 13.8.